The van der Waals surface area contributed by atoms with Gasteiger partial charge in [-0.05, 0) is 62.4 Å². The van der Waals surface area contributed by atoms with Gasteiger partial charge < -0.3 is 24.8 Å². The molecule has 41 heavy (non-hydrogen) atoms. The van der Waals surface area contributed by atoms with E-state index in [1.165, 1.54) is 29.9 Å². The number of carbonyl (C=O) groups excluding carboxylic acids is 2. The maximum Gasteiger partial charge on any atom is 0.252 e. The fourth-order valence-electron chi connectivity index (χ4n) is 6.04. The Morgan fingerprint density at radius 3 is 2.76 bits per heavy atom. The number of nitrogens with zero attached hydrogens (tertiary/aromatic N) is 5. The average molecular weight is 573 g/mol. The number of aryl methyl sites for hydroxylation is 1. The molecule has 2 N–H and O–H groups in total. The van der Waals surface area contributed by atoms with Crippen molar-refractivity contribution in [2.45, 2.75) is 64.3 Å². The van der Waals surface area contributed by atoms with Crippen molar-refractivity contribution >= 4 is 39.9 Å². The third-order valence-electron chi connectivity index (χ3n) is 8.13. The van der Waals surface area contributed by atoms with Crippen molar-refractivity contribution in [3.8, 4) is 0 Å². The zero-order chi connectivity index (χ0) is 28.3. The van der Waals surface area contributed by atoms with Crippen LogP contribution in [-0.4, -0.2) is 62.1 Å². The number of thiazole rings is 1. The lowest BCUT2D eigenvalue weighted by Gasteiger charge is -2.28. The van der Waals surface area contributed by atoms with Crippen molar-refractivity contribution in [3.05, 3.63) is 76.0 Å². The van der Waals surface area contributed by atoms with E-state index >= 15 is 0 Å². The first-order chi connectivity index (χ1) is 20.0. The zero-order valence-electron chi connectivity index (χ0n) is 23.3. The molecule has 4 heterocycles. The Morgan fingerprint density at radius 2 is 1.90 bits per heavy atom. The summed E-state index contributed by atoms with van der Waals surface area (Å²) < 4.78 is 2.13. The number of anilines is 1. The largest absolute Gasteiger partial charge is 0.383 e. The van der Waals surface area contributed by atoms with Gasteiger partial charge in [-0.1, -0.05) is 24.3 Å². The van der Waals surface area contributed by atoms with E-state index < -0.39 is 6.10 Å². The lowest BCUT2D eigenvalue weighted by Crippen LogP contribution is -2.41. The molecule has 0 radical (unpaired) electrons. The summed E-state index contributed by atoms with van der Waals surface area (Å²) in [6.45, 7) is 5.55. The quantitative estimate of drug-likeness (QED) is 0.312. The highest BCUT2D eigenvalue weighted by molar-refractivity contribution is 7.09. The van der Waals surface area contributed by atoms with Crippen LogP contribution in [0.4, 0.5) is 5.69 Å². The number of aliphatic hydroxyl groups excluding tert-OH is 1. The summed E-state index contributed by atoms with van der Waals surface area (Å²) in [4.78, 5) is 39.3. The monoisotopic (exact) mass is 572 g/mol. The fourth-order valence-corrected chi connectivity index (χ4v) is 6.77. The predicted molar refractivity (Wildman–Crippen MR) is 160 cm³/mol. The van der Waals surface area contributed by atoms with E-state index in [0.29, 0.717) is 13.1 Å². The van der Waals surface area contributed by atoms with Crippen LogP contribution in [0.2, 0.25) is 0 Å². The minimum atomic E-state index is -1.37. The van der Waals surface area contributed by atoms with Gasteiger partial charge in [-0.2, -0.15) is 0 Å². The number of rotatable bonds is 9. The molecule has 6 rings (SSSR count). The van der Waals surface area contributed by atoms with Crippen LogP contribution in [0.3, 0.4) is 0 Å². The van der Waals surface area contributed by atoms with Gasteiger partial charge in [0, 0.05) is 30.7 Å². The lowest BCUT2D eigenvalue weighted by molar-refractivity contribution is -0.144. The number of amides is 2. The van der Waals surface area contributed by atoms with Crippen LogP contribution in [0.1, 0.15) is 60.2 Å². The second-order valence-corrected chi connectivity index (χ2v) is 11.9. The number of carbonyl (C=O) groups is 2. The summed E-state index contributed by atoms with van der Waals surface area (Å²) in [5.74, 6) is 0.173. The molecular weight excluding hydrogens is 536 g/mol. The number of para-hydroxylation sites is 2. The van der Waals surface area contributed by atoms with Crippen LogP contribution in [0, 0.1) is 6.92 Å². The van der Waals surface area contributed by atoms with E-state index in [1.807, 2.05) is 36.6 Å². The molecule has 2 amide bonds. The summed E-state index contributed by atoms with van der Waals surface area (Å²) in [5, 5.41) is 16.3. The second kappa shape index (κ2) is 12.0. The topological polar surface area (TPSA) is 104 Å². The van der Waals surface area contributed by atoms with Crippen molar-refractivity contribution < 1.29 is 14.7 Å². The number of likely N-dealkylation sites (tertiary alicyclic amines) is 1. The first kappa shape index (κ1) is 27.4. The molecule has 10 heteroatoms. The van der Waals surface area contributed by atoms with E-state index in [0.717, 1.165) is 59.1 Å². The lowest BCUT2D eigenvalue weighted by atomic mass is 10.0. The normalized spacial score (nSPS) is 17.9. The van der Waals surface area contributed by atoms with Gasteiger partial charge in [-0.25, -0.2) is 9.97 Å². The molecule has 214 valence electrons. The standard InChI is InChI=1S/C31H36N6O3S/c1-21-33-25-10-2-3-11-27(25)37(21)19-23-20-41-30(34-23)18-32-29(39)17-28(38)31(40)36-15-7-12-26(36)22-8-6-9-24(16-22)35-13-4-5-14-35/h2-3,6,8-11,16,20,26,28,38H,4-5,7,12-15,17-19H2,1H3,(H,32,39)/t26?,28-/m1/s1. The van der Waals surface area contributed by atoms with E-state index in [1.54, 1.807) is 4.90 Å². The molecule has 4 aromatic rings. The summed E-state index contributed by atoms with van der Waals surface area (Å²) in [7, 11) is 0. The average Bonchev–Trinajstić information content (AvgIpc) is 3.80. The highest BCUT2D eigenvalue weighted by Gasteiger charge is 2.34. The molecule has 1 unspecified atom stereocenters. The van der Waals surface area contributed by atoms with Gasteiger partial charge >= 0.3 is 0 Å². The summed E-state index contributed by atoms with van der Waals surface area (Å²) in [5.41, 5.74) is 5.20. The van der Waals surface area contributed by atoms with Crippen LogP contribution in [0.5, 0.6) is 0 Å². The summed E-state index contributed by atoms with van der Waals surface area (Å²) in [6, 6.07) is 16.4. The summed E-state index contributed by atoms with van der Waals surface area (Å²) >= 11 is 1.48. The second-order valence-electron chi connectivity index (χ2n) is 10.9. The molecular formula is C31H36N6O3S. The highest BCUT2D eigenvalue weighted by atomic mass is 32.1. The fraction of sp³-hybridized carbons (Fsp3) is 0.419. The Morgan fingerprint density at radius 1 is 1.07 bits per heavy atom. The van der Waals surface area contributed by atoms with Crippen LogP contribution in [0.15, 0.2) is 53.9 Å². The SMILES string of the molecule is Cc1nc2ccccc2n1Cc1csc(CNC(=O)C[C@@H](O)C(=O)N2CCCC2c2cccc(N3CCCC3)c2)n1. The van der Waals surface area contributed by atoms with E-state index in [9.17, 15) is 14.7 Å². The minimum absolute atomic E-state index is 0.0761. The van der Waals surface area contributed by atoms with Crippen LogP contribution in [-0.2, 0) is 22.7 Å². The number of imidazole rings is 1. The molecule has 9 nitrogen and oxygen atoms in total. The number of hydrogen-bond donors (Lipinski definition) is 2. The zero-order valence-corrected chi connectivity index (χ0v) is 24.1. The van der Waals surface area contributed by atoms with Crippen molar-refractivity contribution in [1.82, 2.24) is 24.8 Å². The molecule has 2 fully saturated rings. The maximum absolute atomic E-state index is 13.2. The highest BCUT2D eigenvalue weighted by Crippen LogP contribution is 2.35. The van der Waals surface area contributed by atoms with Gasteiger partial charge in [0.05, 0.1) is 42.3 Å². The van der Waals surface area contributed by atoms with Crippen molar-refractivity contribution in [3.63, 3.8) is 0 Å². The molecule has 2 saturated heterocycles. The maximum atomic E-state index is 13.2. The number of nitrogens with one attached hydrogen (secondary N) is 1. The van der Waals surface area contributed by atoms with E-state index in [4.69, 9.17) is 0 Å². The van der Waals surface area contributed by atoms with Gasteiger partial charge in [0.15, 0.2) is 0 Å². The number of fused-ring (bicyclic) bond motifs is 1. The van der Waals surface area contributed by atoms with E-state index in [-0.39, 0.29) is 30.8 Å². The number of aliphatic hydroxyl groups is 1. The molecule has 0 bridgehead atoms. The first-order valence-corrected chi connectivity index (χ1v) is 15.3. The summed E-state index contributed by atoms with van der Waals surface area (Å²) in [6.07, 6.45) is 2.51. The third kappa shape index (κ3) is 5.99. The van der Waals surface area contributed by atoms with Crippen molar-refractivity contribution in [1.29, 1.82) is 0 Å². The van der Waals surface area contributed by atoms with Gasteiger partial charge in [-0.3, -0.25) is 9.59 Å². The van der Waals surface area contributed by atoms with Gasteiger partial charge in [0.25, 0.3) is 5.91 Å². The molecule has 0 aliphatic carbocycles. The Balaban J connectivity index is 1.02. The molecule has 2 aliphatic heterocycles. The minimum Gasteiger partial charge on any atom is -0.383 e. The first-order valence-electron chi connectivity index (χ1n) is 14.4. The van der Waals surface area contributed by atoms with Gasteiger partial charge in [0.2, 0.25) is 5.91 Å². The number of hydrogen-bond acceptors (Lipinski definition) is 7. The molecule has 0 saturated carbocycles. The molecule has 2 aromatic carbocycles. The molecule has 2 aromatic heterocycles. The third-order valence-corrected chi connectivity index (χ3v) is 9.03. The Kier molecular flexibility index (Phi) is 8.02. The van der Waals surface area contributed by atoms with Crippen LogP contribution < -0.4 is 10.2 Å². The molecule has 0 spiro atoms. The van der Waals surface area contributed by atoms with Gasteiger partial charge in [-0.15, -0.1) is 11.3 Å². The Hall–Kier alpha value is -3.76. The Bertz CT molecular complexity index is 1540. The number of aromatic nitrogens is 3. The van der Waals surface area contributed by atoms with Crippen LogP contribution >= 0.6 is 11.3 Å². The predicted octanol–water partition coefficient (Wildman–Crippen LogP) is 4.18. The number of benzene rings is 2. The van der Waals surface area contributed by atoms with Crippen molar-refractivity contribution in [2.24, 2.45) is 0 Å². The van der Waals surface area contributed by atoms with Gasteiger partial charge in [0.1, 0.15) is 16.9 Å². The van der Waals surface area contributed by atoms with Crippen LogP contribution in [0.25, 0.3) is 11.0 Å². The molecule has 2 atom stereocenters. The molecule has 2 aliphatic rings. The smallest absolute Gasteiger partial charge is 0.252 e. The van der Waals surface area contributed by atoms with E-state index in [2.05, 4.69) is 49.0 Å². The van der Waals surface area contributed by atoms with Crippen molar-refractivity contribution in [2.75, 3.05) is 24.5 Å². The Labute approximate surface area is 243 Å².